The van der Waals surface area contributed by atoms with Crippen molar-refractivity contribution in [1.82, 2.24) is 4.90 Å². The zero-order valence-corrected chi connectivity index (χ0v) is 19.7. The van der Waals surface area contributed by atoms with Crippen molar-refractivity contribution < 1.29 is 14.3 Å². The maximum absolute atomic E-state index is 12.6. The van der Waals surface area contributed by atoms with Crippen LogP contribution in [-0.4, -0.2) is 36.5 Å². The summed E-state index contributed by atoms with van der Waals surface area (Å²) in [4.78, 5) is 26.9. The second-order valence-electron chi connectivity index (χ2n) is 8.86. The van der Waals surface area contributed by atoms with Gasteiger partial charge in [0.25, 0.3) is 5.91 Å². The van der Waals surface area contributed by atoms with Crippen LogP contribution < -0.4 is 5.32 Å². The molecule has 0 saturated carbocycles. The molecule has 5 heteroatoms. The fourth-order valence-electron chi connectivity index (χ4n) is 4.42. The second-order valence-corrected chi connectivity index (χ2v) is 8.86. The molecule has 34 heavy (non-hydrogen) atoms. The molecule has 1 fully saturated rings. The molecule has 0 spiro atoms. The monoisotopic (exact) mass is 456 g/mol. The predicted molar refractivity (Wildman–Crippen MR) is 135 cm³/mol. The first kappa shape index (κ1) is 23.7. The quantitative estimate of drug-likeness (QED) is 0.450. The Bertz CT molecular complexity index is 1070. The Balaban J connectivity index is 1.24. The smallest absolute Gasteiger partial charge is 0.338 e. The van der Waals surface area contributed by atoms with E-state index >= 15 is 0 Å². The van der Waals surface area contributed by atoms with Gasteiger partial charge in [-0.1, -0.05) is 42.5 Å². The predicted octanol–water partition coefficient (Wildman–Crippen LogP) is 5.57. The van der Waals surface area contributed by atoms with E-state index in [1.165, 1.54) is 30.4 Å². The molecule has 3 aromatic rings. The molecule has 1 aliphatic heterocycles. The van der Waals surface area contributed by atoms with Crippen molar-refractivity contribution in [1.29, 1.82) is 0 Å². The van der Waals surface area contributed by atoms with Crippen LogP contribution >= 0.6 is 0 Å². The molecule has 0 aliphatic carbocycles. The number of amides is 1. The van der Waals surface area contributed by atoms with Gasteiger partial charge in [0.1, 0.15) is 0 Å². The summed E-state index contributed by atoms with van der Waals surface area (Å²) in [5.41, 5.74) is 4.37. The van der Waals surface area contributed by atoms with Gasteiger partial charge in [-0.2, -0.15) is 0 Å². The summed E-state index contributed by atoms with van der Waals surface area (Å²) in [6.07, 6.45) is 3.62. The number of esters is 1. The molecule has 176 valence electrons. The molecular weight excluding hydrogens is 424 g/mol. The van der Waals surface area contributed by atoms with E-state index in [0.717, 1.165) is 25.6 Å². The van der Waals surface area contributed by atoms with Crippen LogP contribution in [0.2, 0.25) is 0 Å². The fourth-order valence-corrected chi connectivity index (χ4v) is 4.42. The number of carbonyl (C=O) groups is 2. The molecule has 0 unspecified atom stereocenters. The third-order valence-electron chi connectivity index (χ3n) is 6.35. The summed E-state index contributed by atoms with van der Waals surface area (Å²) in [5.74, 6) is 0.227. The zero-order valence-electron chi connectivity index (χ0n) is 19.7. The number of benzene rings is 3. The minimum atomic E-state index is -0.364. The third kappa shape index (κ3) is 6.55. The lowest BCUT2D eigenvalue weighted by Gasteiger charge is -2.32. The average molecular weight is 457 g/mol. The van der Waals surface area contributed by atoms with Crippen molar-refractivity contribution in [3.05, 3.63) is 101 Å². The molecule has 1 aliphatic rings. The number of hydrogen-bond acceptors (Lipinski definition) is 4. The Labute approximate surface area is 201 Å². The highest BCUT2D eigenvalue weighted by atomic mass is 16.5. The molecule has 0 radical (unpaired) electrons. The Morgan fingerprint density at radius 1 is 0.853 bits per heavy atom. The van der Waals surface area contributed by atoms with Crippen LogP contribution in [0.4, 0.5) is 5.69 Å². The maximum Gasteiger partial charge on any atom is 0.338 e. The van der Waals surface area contributed by atoms with Crippen molar-refractivity contribution in [2.75, 3.05) is 25.0 Å². The zero-order chi connectivity index (χ0) is 23.8. The third-order valence-corrected chi connectivity index (χ3v) is 6.35. The number of carbonyl (C=O) groups excluding carboxylic acids is 2. The summed E-state index contributed by atoms with van der Waals surface area (Å²) in [7, 11) is 0. The van der Waals surface area contributed by atoms with Gasteiger partial charge in [0, 0.05) is 17.8 Å². The minimum absolute atomic E-state index is 0.169. The highest BCUT2D eigenvalue weighted by Crippen LogP contribution is 2.23. The first-order chi connectivity index (χ1) is 16.6. The van der Waals surface area contributed by atoms with Gasteiger partial charge >= 0.3 is 5.97 Å². The number of nitrogens with zero attached hydrogens (tertiary/aromatic N) is 1. The van der Waals surface area contributed by atoms with Gasteiger partial charge in [0.05, 0.1) is 12.2 Å². The van der Waals surface area contributed by atoms with E-state index in [9.17, 15) is 9.59 Å². The van der Waals surface area contributed by atoms with Gasteiger partial charge in [0.2, 0.25) is 0 Å². The lowest BCUT2D eigenvalue weighted by atomic mass is 9.90. The Hall–Kier alpha value is -3.44. The van der Waals surface area contributed by atoms with E-state index in [-0.39, 0.29) is 11.9 Å². The van der Waals surface area contributed by atoms with Crippen LogP contribution in [0.5, 0.6) is 0 Å². The normalized spacial score (nSPS) is 14.5. The van der Waals surface area contributed by atoms with Gasteiger partial charge in [-0.25, -0.2) is 4.79 Å². The topological polar surface area (TPSA) is 58.6 Å². The van der Waals surface area contributed by atoms with E-state index in [0.29, 0.717) is 23.4 Å². The van der Waals surface area contributed by atoms with Gasteiger partial charge in [-0.05, 0) is 92.7 Å². The van der Waals surface area contributed by atoms with Crippen molar-refractivity contribution in [3.63, 3.8) is 0 Å². The van der Waals surface area contributed by atoms with E-state index in [1.807, 2.05) is 24.3 Å². The van der Waals surface area contributed by atoms with Crippen molar-refractivity contribution in [3.8, 4) is 0 Å². The number of nitrogens with one attached hydrogen (secondary N) is 1. The molecule has 1 saturated heterocycles. The first-order valence-electron chi connectivity index (χ1n) is 12.0. The van der Waals surface area contributed by atoms with Crippen molar-refractivity contribution >= 4 is 17.6 Å². The van der Waals surface area contributed by atoms with Crippen LogP contribution in [0.25, 0.3) is 0 Å². The van der Waals surface area contributed by atoms with E-state index < -0.39 is 0 Å². The molecule has 1 heterocycles. The van der Waals surface area contributed by atoms with E-state index in [1.54, 1.807) is 31.2 Å². The van der Waals surface area contributed by atoms with Crippen LogP contribution in [-0.2, 0) is 17.7 Å². The Kier molecular flexibility index (Phi) is 8.10. The second kappa shape index (κ2) is 11.6. The molecule has 0 atom stereocenters. The van der Waals surface area contributed by atoms with E-state index in [2.05, 4.69) is 40.5 Å². The summed E-state index contributed by atoms with van der Waals surface area (Å²) >= 11 is 0. The number of ether oxygens (including phenoxy) is 1. The number of rotatable bonds is 8. The average Bonchev–Trinajstić information content (AvgIpc) is 2.87. The number of anilines is 1. The number of piperidine rings is 1. The van der Waals surface area contributed by atoms with Gasteiger partial charge in [-0.15, -0.1) is 0 Å². The summed E-state index contributed by atoms with van der Waals surface area (Å²) < 4.78 is 4.98. The number of likely N-dealkylation sites (tertiary alicyclic amines) is 1. The number of hydrogen-bond donors (Lipinski definition) is 1. The lowest BCUT2D eigenvalue weighted by molar-refractivity contribution is 0.0526. The first-order valence-corrected chi connectivity index (χ1v) is 12.0. The maximum atomic E-state index is 12.6. The molecule has 5 nitrogen and oxygen atoms in total. The van der Waals surface area contributed by atoms with Crippen molar-refractivity contribution in [2.45, 2.75) is 32.7 Å². The highest BCUT2D eigenvalue weighted by Gasteiger charge is 2.19. The minimum Gasteiger partial charge on any atom is -0.462 e. The molecule has 1 N–H and O–H groups in total. The molecule has 4 rings (SSSR count). The molecule has 1 amide bonds. The highest BCUT2D eigenvalue weighted by molar-refractivity contribution is 6.04. The SMILES string of the molecule is CCOC(=O)c1ccc(NC(=O)c2ccc(CN3CCC(Cc4ccccc4)CC3)cc2)cc1. The van der Waals surface area contributed by atoms with Crippen LogP contribution in [0.15, 0.2) is 78.9 Å². The van der Waals surface area contributed by atoms with Gasteiger partial charge in [0.15, 0.2) is 0 Å². The summed E-state index contributed by atoms with van der Waals surface area (Å²) in [6, 6.07) is 25.3. The Morgan fingerprint density at radius 3 is 2.15 bits per heavy atom. The summed E-state index contributed by atoms with van der Waals surface area (Å²) in [6.45, 7) is 5.24. The van der Waals surface area contributed by atoms with Crippen LogP contribution in [0, 0.1) is 5.92 Å². The largest absolute Gasteiger partial charge is 0.462 e. The molecule has 3 aromatic carbocycles. The van der Waals surface area contributed by atoms with Crippen LogP contribution in [0.1, 0.15) is 51.6 Å². The Morgan fingerprint density at radius 2 is 1.50 bits per heavy atom. The van der Waals surface area contributed by atoms with Gasteiger partial charge in [-0.3, -0.25) is 9.69 Å². The molecular formula is C29H32N2O3. The van der Waals surface area contributed by atoms with Crippen LogP contribution in [0.3, 0.4) is 0 Å². The lowest BCUT2D eigenvalue weighted by Crippen LogP contribution is -2.33. The van der Waals surface area contributed by atoms with E-state index in [4.69, 9.17) is 4.74 Å². The molecule has 0 bridgehead atoms. The molecule has 0 aromatic heterocycles. The fraction of sp³-hybridized carbons (Fsp3) is 0.310. The van der Waals surface area contributed by atoms with Crippen molar-refractivity contribution in [2.24, 2.45) is 5.92 Å². The standard InChI is InChI=1S/C29H32N2O3/c1-2-34-29(33)26-12-14-27(15-13-26)30-28(32)25-10-8-24(9-11-25)21-31-18-16-23(17-19-31)20-22-6-4-3-5-7-22/h3-15,23H,2,16-21H2,1H3,(H,30,32). The van der Waals surface area contributed by atoms with Gasteiger partial charge < -0.3 is 10.1 Å². The summed E-state index contributed by atoms with van der Waals surface area (Å²) in [5, 5.41) is 2.88.